The molecule has 7 heteroatoms. The predicted molar refractivity (Wildman–Crippen MR) is 92.4 cm³/mol. The minimum absolute atomic E-state index is 0.125. The standard InChI is InChI=1S/C17H16ClN3O3/c18-13-3-1-2-11(8-13)10-19-15-7-4-12(9-16(15)21(23)24)17(22)20-14-5-6-14/h1-4,7-9,14,19H,5-6,10H2,(H,20,22). The number of nitro groups is 1. The summed E-state index contributed by atoms with van der Waals surface area (Å²) < 4.78 is 0. The monoisotopic (exact) mass is 345 g/mol. The Morgan fingerprint density at radius 2 is 2.04 bits per heavy atom. The summed E-state index contributed by atoms with van der Waals surface area (Å²) in [6, 6.07) is 11.9. The molecule has 1 aliphatic carbocycles. The zero-order valence-electron chi connectivity index (χ0n) is 12.8. The van der Waals surface area contributed by atoms with Crippen LogP contribution in [0.25, 0.3) is 0 Å². The number of nitrogens with zero attached hydrogens (tertiary/aromatic N) is 1. The second kappa shape index (κ2) is 6.88. The molecule has 0 aromatic heterocycles. The largest absolute Gasteiger partial charge is 0.375 e. The lowest BCUT2D eigenvalue weighted by Gasteiger charge is -2.09. The molecule has 0 atom stereocenters. The lowest BCUT2D eigenvalue weighted by molar-refractivity contribution is -0.384. The molecule has 1 fully saturated rings. The molecule has 24 heavy (non-hydrogen) atoms. The Hall–Kier alpha value is -2.60. The number of anilines is 1. The third kappa shape index (κ3) is 4.02. The number of hydrogen-bond acceptors (Lipinski definition) is 4. The van der Waals surface area contributed by atoms with E-state index in [1.54, 1.807) is 24.3 Å². The number of nitrogens with one attached hydrogen (secondary N) is 2. The molecule has 0 radical (unpaired) electrons. The molecular formula is C17H16ClN3O3. The first-order valence-corrected chi connectivity index (χ1v) is 7.98. The van der Waals surface area contributed by atoms with Gasteiger partial charge in [0.05, 0.1) is 4.92 Å². The first kappa shape index (κ1) is 16.3. The van der Waals surface area contributed by atoms with Crippen LogP contribution in [-0.4, -0.2) is 16.9 Å². The zero-order valence-corrected chi connectivity index (χ0v) is 13.5. The summed E-state index contributed by atoms with van der Waals surface area (Å²) in [5, 5.41) is 17.8. The van der Waals surface area contributed by atoms with Crippen molar-refractivity contribution in [1.29, 1.82) is 0 Å². The van der Waals surface area contributed by atoms with Crippen LogP contribution in [0.2, 0.25) is 5.02 Å². The average Bonchev–Trinajstić information content (AvgIpc) is 3.36. The van der Waals surface area contributed by atoms with Crippen molar-refractivity contribution >= 4 is 28.9 Å². The summed E-state index contributed by atoms with van der Waals surface area (Å²) in [5.74, 6) is -0.276. The van der Waals surface area contributed by atoms with Gasteiger partial charge in [-0.25, -0.2) is 0 Å². The number of amides is 1. The van der Waals surface area contributed by atoms with Gasteiger partial charge in [0.2, 0.25) is 0 Å². The number of rotatable bonds is 6. The Bertz CT molecular complexity index is 790. The van der Waals surface area contributed by atoms with Gasteiger partial charge < -0.3 is 10.6 Å². The number of benzene rings is 2. The molecule has 0 aliphatic heterocycles. The topological polar surface area (TPSA) is 84.3 Å². The molecule has 0 unspecified atom stereocenters. The van der Waals surface area contributed by atoms with Crippen LogP contribution in [0.4, 0.5) is 11.4 Å². The molecular weight excluding hydrogens is 330 g/mol. The highest BCUT2D eigenvalue weighted by atomic mass is 35.5. The summed E-state index contributed by atoms with van der Waals surface area (Å²) in [4.78, 5) is 22.8. The van der Waals surface area contributed by atoms with Crippen LogP contribution in [0.3, 0.4) is 0 Å². The van der Waals surface area contributed by atoms with Crippen LogP contribution >= 0.6 is 11.6 Å². The van der Waals surface area contributed by atoms with E-state index in [1.165, 1.54) is 6.07 Å². The first-order chi connectivity index (χ1) is 11.5. The molecule has 2 aromatic rings. The van der Waals surface area contributed by atoms with Crippen LogP contribution < -0.4 is 10.6 Å². The van der Waals surface area contributed by atoms with Crippen molar-refractivity contribution in [1.82, 2.24) is 5.32 Å². The quantitative estimate of drug-likeness (QED) is 0.616. The lowest BCUT2D eigenvalue weighted by Crippen LogP contribution is -2.25. The molecule has 0 bridgehead atoms. The maximum Gasteiger partial charge on any atom is 0.293 e. The third-order valence-corrected chi connectivity index (χ3v) is 3.98. The van der Waals surface area contributed by atoms with Crippen LogP contribution in [0.5, 0.6) is 0 Å². The molecule has 6 nitrogen and oxygen atoms in total. The van der Waals surface area contributed by atoms with Gasteiger partial charge in [0.1, 0.15) is 5.69 Å². The van der Waals surface area contributed by atoms with Gasteiger partial charge >= 0.3 is 0 Å². The Morgan fingerprint density at radius 3 is 2.71 bits per heavy atom. The maximum atomic E-state index is 12.0. The van der Waals surface area contributed by atoms with Gasteiger partial charge in [0.25, 0.3) is 11.6 Å². The van der Waals surface area contributed by atoms with E-state index in [0.29, 0.717) is 22.8 Å². The Labute approximate surface area is 144 Å². The SMILES string of the molecule is O=C(NC1CC1)c1ccc(NCc2cccc(Cl)c2)c([N+](=O)[O-])c1. The van der Waals surface area contributed by atoms with E-state index in [0.717, 1.165) is 18.4 Å². The highest BCUT2D eigenvalue weighted by Gasteiger charge is 2.25. The second-order valence-corrected chi connectivity index (χ2v) is 6.16. The van der Waals surface area contributed by atoms with Gasteiger partial charge in [0, 0.05) is 29.2 Å². The first-order valence-electron chi connectivity index (χ1n) is 7.60. The van der Waals surface area contributed by atoms with Gasteiger partial charge in [-0.3, -0.25) is 14.9 Å². The zero-order chi connectivity index (χ0) is 17.1. The van der Waals surface area contributed by atoms with Crippen LogP contribution in [0, 0.1) is 10.1 Å². The number of halogens is 1. The van der Waals surface area contributed by atoms with Crippen molar-refractivity contribution in [3.63, 3.8) is 0 Å². The van der Waals surface area contributed by atoms with Gasteiger partial charge in [-0.1, -0.05) is 23.7 Å². The predicted octanol–water partition coefficient (Wildman–Crippen LogP) is 3.75. The molecule has 0 heterocycles. The van der Waals surface area contributed by atoms with Gasteiger partial charge in [-0.05, 0) is 42.7 Å². The minimum atomic E-state index is -0.492. The van der Waals surface area contributed by atoms with Crippen molar-refractivity contribution in [2.45, 2.75) is 25.4 Å². The van der Waals surface area contributed by atoms with E-state index in [4.69, 9.17) is 11.6 Å². The highest BCUT2D eigenvalue weighted by molar-refractivity contribution is 6.30. The normalized spacial score (nSPS) is 13.4. The summed E-state index contributed by atoms with van der Waals surface area (Å²) in [5.41, 5.74) is 1.44. The molecule has 0 spiro atoms. The molecule has 1 amide bonds. The van der Waals surface area contributed by atoms with Gasteiger partial charge in [-0.2, -0.15) is 0 Å². The fraction of sp³-hybridized carbons (Fsp3) is 0.235. The number of nitro benzene ring substituents is 1. The molecule has 0 saturated heterocycles. The van der Waals surface area contributed by atoms with Gasteiger partial charge in [-0.15, -0.1) is 0 Å². The van der Waals surface area contributed by atoms with Crippen LogP contribution in [-0.2, 0) is 6.54 Å². The fourth-order valence-electron chi connectivity index (χ4n) is 2.31. The van der Waals surface area contributed by atoms with E-state index in [1.807, 2.05) is 12.1 Å². The lowest BCUT2D eigenvalue weighted by atomic mass is 10.1. The Balaban J connectivity index is 1.76. The van der Waals surface area contributed by atoms with Crippen LogP contribution in [0.15, 0.2) is 42.5 Å². The molecule has 124 valence electrons. The Morgan fingerprint density at radius 1 is 1.25 bits per heavy atom. The van der Waals surface area contributed by atoms with E-state index in [9.17, 15) is 14.9 Å². The number of hydrogen-bond donors (Lipinski definition) is 2. The maximum absolute atomic E-state index is 12.0. The third-order valence-electron chi connectivity index (χ3n) is 3.74. The van der Waals surface area contributed by atoms with Crippen molar-refractivity contribution in [3.8, 4) is 0 Å². The molecule has 1 aliphatic rings. The van der Waals surface area contributed by atoms with Crippen molar-refractivity contribution in [3.05, 3.63) is 68.7 Å². The van der Waals surface area contributed by atoms with Crippen molar-refractivity contribution < 1.29 is 9.72 Å². The van der Waals surface area contributed by atoms with Gasteiger partial charge in [0.15, 0.2) is 0 Å². The van der Waals surface area contributed by atoms with Crippen LogP contribution in [0.1, 0.15) is 28.8 Å². The second-order valence-electron chi connectivity index (χ2n) is 5.72. The van der Waals surface area contributed by atoms with E-state index < -0.39 is 4.92 Å². The summed E-state index contributed by atoms with van der Waals surface area (Å²) >= 11 is 5.93. The summed E-state index contributed by atoms with van der Waals surface area (Å²) in [6.07, 6.45) is 1.93. The molecule has 2 aromatic carbocycles. The van der Waals surface area contributed by atoms with Crippen molar-refractivity contribution in [2.24, 2.45) is 0 Å². The smallest absolute Gasteiger partial charge is 0.293 e. The number of carbonyl (C=O) groups excluding carboxylic acids is 1. The van der Waals surface area contributed by atoms with E-state index in [-0.39, 0.29) is 17.6 Å². The molecule has 3 rings (SSSR count). The molecule has 1 saturated carbocycles. The highest BCUT2D eigenvalue weighted by Crippen LogP contribution is 2.27. The van der Waals surface area contributed by atoms with E-state index in [2.05, 4.69) is 10.6 Å². The summed E-state index contributed by atoms with van der Waals surface area (Å²) in [7, 11) is 0. The fourth-order valence-corrected chi connectivity index (χ4v) is 2.53. The summed E-state index contributed by atoms with van der Waals surface area (Å²) in [6.45, 7) is 0.398. The molecule has 2 N–H and O–H groups in total. The van der Waals surface area contributed by atoms with Crippen molar-refractivity contribution in [2.75, 3.05) is 5.32 Å². The minimum Gasteiger partial charge on any atom is -0.375 e. The average molecular weight is 346 g/mol. The van der Waals surface area contributed by atoms with E-state index >= 15 is 0 Å². The number of carbonyl (C=O) groups is 1. The Kier molecular flexibility index (Phi) is 4.66.